The van der Waals surface area contributed by atoms with Crippen LogP contribution in [0.4, 0.5) is 0 Å². The van der Waals surface area contributed by atoms with Crippen molar-refractivity contribution in [2.45, 2.75) is 50.0 Å². The van der Waals surface area contributed by atoms with Gasteiger partial charge in [-0.1, -0.05) is 0 Å². The van der Waals surface area contributed by atoms with Crippen LogP contribution in [0.3, 0.4) is 0 Å². The van der Waals surface area contributed by atoms with Crippen molar-refractivity contribution in [2.24, 2.45) is 0 Å². The normalized spacial score (nSPS) is 27.2. The Morgan fingerprint density at radius 3 is 2.76 bits per heavy atom. The zero-order valence-electron chi connectivity index (χ0n) is 19.2. The summed E-state index contributed by atoms with van der Waals surface area (Å²) in [6.07, 6.45) is 1.78. The molecule has 2 aliphatic heterocycles. The summed E-state index contributed by atoms with van der Waals surface area (Å²) in [7, 11) is 1.44. The van der Waals surface area contributed by atoms with Crippen LogP contribution < -0.4 is 14.8 Å². The molecule has 2 amide bonds. The average Bonchev–Trinajstić information content (AvgIpc) is 3.49. The van der Waals surface area contributed by atoms with Gasteiger partial charge in [-0.15, -0.1) is 0 Å². The van der Waals surface area contributed by atoms with Crippen LogP contribution in [-0.2, 0) is 14.3 Å². The fourth-order valence-corrected chi connectivity index (χ4v) is 5.03. The Bertz CT molecular complexity index is 987. The smallest absolute Gasteiger partial charge is 0.247 e. The average molecular weight is 475 g/mol. The van der Waals surface area contributed by atoms with Gasteiger partial charge in [-0.05, 0) is 31.1 Å². The van der Waals surface area contributed by atoms with E-state index in [1.54, 1.807) is 12.1 Å². The minimum absolute atomic E-state index is 0.0402. The second-order valence-electron chi connectivity index (χ2n) is 8.71. The van der Waals surface area contributed by atoms with E-state index in [1.807, 2.05) is 0 Å². The first-order chi connectivity index (χ1) is 16.4. The van der Waals surface area contributed by atoms with Crippen molar-refractivity contribution in [2.75, 3.05) is 33.4 Å². The van der Waals surface area contributed by atoms with E-state index >= 15 is 0 Å². The largest absolute Gasteiger partial charge is 0.493 e. The minimum Gasteiger partial charge on any atom is -0.493 e. The monoisotopic (exact) mass is 474 g/mol. The van der Waals surface area contributed by atoms with E-state index in [0.717, 1.165) is 12.8 Å². The van der Waals surface area contributed by atoms with Crippen LogP contribution in [0.15, 0.2) is 23.8 Å². The van der Waals surface area contributed by atoms with Crippen molar-refractivity contribution in [3.63, 3.8) is 0 Å². The third-order valence-corrected chi connectivity index (χ3v) is 6.60. The minimum atomic E-state index is -1.15. The molecule has 1 aromatic carbocycles. The number of nitrogens with one attached hydrogen (secondary N) is 1. The Kier molecular flexibility index (Phi) is 7.20. The maximum atomic E-state index is 13.2. The Morgan fingerprint density at radius 1 is 1.35 bits per heavy atom. The topological polar surface area (TPSA) is 135 Å². The molecule has 0 bridgehead atoms. The van der Waals surface area contributed by atoms with Gasteiger partial charge in [-0.3, -0.25) is 14.4 Å². The van der Waals surface area contributed by atoms with Crippen LogP contribution in [0.1, 0.15) is 41.6 Å². The maximum Gasteiger partial charge on any atom is 0.247 e. The van der Waals surface area contributed by atoms with E-state index < -0.39 is 30.1 Å². The van der Waals surface area contributed by atoms with Gasteiger partial charge in [-0.2, -0.15) is 0 Å². The first kappa shape index (κ1) is 24.2. The number of carbonyl (C=O) groups excluding carboxylic acids is 3. The number of aliphatic hydroxyl groups is 2. The quantitative estimate of drug-likeness (QED) is 0.454. The van der Waals surface area contributed by atoms with Crippen LogP contribution in [0.5, 0.6) is 11.5 Å². The van der Waals surface area contributed by atoms with E-state index in [4.69, 9.17) is 14.2 Å². The number of fused-ring (bicyclic) bond motifs is 3. The van der Waals surface area contributed by atoms with Crippen LogP contribution >= 0.6 is 0 Å². The molecule has 4 rings (SSSR count). The first-order valence-corrected chi connectivity index (χ1v) is 11.4. The molecule has 1 fully saturated rings. The summed E-state index contributed by atoms with van der Waals surface area (Å²) in [6, 6.07) is 2.32. The highest BCUT2D eigenvalue weighted by molar-refractivity contribution is 5.96. The van der Waals surface area contributed by atoms with Gasteiger partial charge >= 0.3 is 0 Å². The van der Waals surface area contributed by atoms with E-state index in [1.165, 1.54) is 25.0 Å². The summed E-state index contributed by atoms with van der Waals surface area (Å²) in [5, 5.41) is 23.2. The number of benzene rings is 1. The van der Waals surface area contributed by atoms with Crippen LogP contribution in [0.2, 0.25) is 0 Å². The van der Waals surface area contributed by atoms with Gasteiger partial charge in [0.2, 0.25) is 11.8 Å². The second kappa shape index (κ2) is 10.1. The zero-order chi connectivity index (χ0) is 24.4. The second-order valence-corrected chi connectivity index (χ2v) is 8.71. The van der Waals surface area contributed by atoms with Gasteiger partial charge < -0.3 is 34.6 Å². The lowest BCUT2D eigenvalue weighted by Crippen LogP contribution is -2.56. The number of amides is 2. The van der Waals surface area contributed by atoms with Gasteiger partial charge in [-0.25, -0.2) is 0 Å². The van der Waals surface area contributed by atoms with E-state index in [0.29, 0.717) is 35.5 Å². The van der Waals surface area contributed by atoms with Gasteiger partial charge in [0.1, 0.15) is 18.5 Å². The molecule has 5 atom stereocenters. The third kappa shape index (κ3) is 4.40. The lowest BCUT2D eigenvalue weighted by atomic mass is 9.77. The molecule has 2 heterocycles. The summed E-state index contributed by atoms with van der Waals surface area (Å²) in [5.41, 5.74) is 1.18. The maximum absolute atomic E-state index is 13.2. The summed E-state index contributed by atoms with van der Waals surface area (Å²) < 4.78 is 17.2. The molecule has 0 aromatic heterocycles. The Labute approximate surface area is 197 Å². The molecule has 10 nitrogen and oxygen atoms in total. The molecule has 0 spiro atoms. The van der Waals surface area contributed by atoms with Crippen molar-refractivity contribution < 1.29 is 38.8 Å². The van der Waals surface area contributed by atoms with E-state index in [-0.39, 0.29) is 37.3 Å². The molecule has 34 heavy (non-hydrogen) atoms. The molecule has 0 saturated carbocycles. The van der Waals surface area contributed by atoms with E-state index in [2.05, 4.69) is 5.32 Å². The third-order valence-electron chi connectivity index (χ3n) is 6.60. The highest BCUT2D eigenvalue weighted by Gasteiger charge is 2.51. The number of rotatable bonds is 8. The fraction of sp³-hybridized carbons (Fsp3) is 0.542. The SMILES string of the molecule is COc1cc(C=O)cc2c1O[C@@H]1[C@@H](O)[C@H](N(C[C@@H]3CCCO3)C(C)=O)C=C(C(=O)NCCO)[C@H]21. The molecule has 0 radical (unpaired) electrons. The Morgan fingerprint density at radius 2 is 2.15 bits per heavy atom. The number of carbonyl (C=O) groups is 3. The molecule has 3 N–H and O–H groups in total. The number of methoxy groups -OCH3 is 1. The number of hydrogen-bond acceptors (Lipinski definition) is 8. The molecule has 0 unspecified atom stereocenters. The standard InChI is InChI=1S/C24H30N2O8/c1-13(29)26(11-15-4-3-7-33-15)18-10-17(24(31)25-5-6-27)20-16-8-14(12-28)9-19(32-2)22(16)34-23(20)21(18)30/h8-10,12,15,18,20-21,23,27,30H,3-7,11H2,1-2H3,(H,25,31)/t15-,18+,20-,21-,23-/m0/s1. The predicted octanol–water partition coefficient (Wildman–Crippen LogP) is 0.158. The number of hydrogen-bond donors (Lipinski definition) is 3. The highest BCUT2D eigenvalue weighted by atomic mass is 16.5. The lowest BCUT2D eigenvalue weighted by Gasteiger charge is -2.41. The molecule has 1 aromatic rings. The van der Waals surface area contributed by atoms with Crippen molar-refractivity contribution >= 4 is 18.1 Å². The number of aliphatic hydroxyl groups excluding tert-OH is 2. The molecule has 3 aliphatic rings. The van der Waals surface area contributed by atoms with Gasteiger partial charge in [0, 0.05) is 43.3 Å². The lowest BCUT2D eigenvalue weighted by molar-refractivity contribution is -0.137. The molecular formula is C24H30N2O8. The van der Waals surface area contributed by atoms with Crippen LogP contribution in [0, 0.1) is 0 Å². The molecule has 1 aliphatic carbocycles. The van der Waals surface area contributed by atoms with Crippen molar-refractivity contribution in [3.05, 3.63) is 34.9 Å². The Balaban J connectivity index is 1.77. The first-order valence-electron chi connectivity index (χ1n) is 11.4. The molecular weight excluding hydrogens is 444 g/mol. The van der Waals surface area contributed by atoms with E-state index in [9.17, 15) is 24.6 Å². The number of ether oxygens (including phenoxy) is 3. The van der Waals surface area contributed by atoms with Crippen LogP contribution in [0.25, 0.3) is 0 Å². The summed E-state index contributed by atoms with van der Waals surface area (Å²) in [4.78, 5) is 38.8. The number of aldehydes is 1. The number of nitrogens with zero attached hydrogens (tertiary/aromatic N) is 1. The highest BCUT2D eigenvalue weighted by Crippen LogP contribution is 2.51. The predicted molar refractivity (Wildman–Crippen MR) is 120 cm³/mol. The summed E-state index contributed by atoms with van der Waals surface area (Å²) >= 11 is 0. The van der Waals surface area contributed by atoms with Crippen LogP contribution in [-0.4, -0.2) is 91.0 Å². The molecule has 10 heteroatoms. The zero-order valence-corrected chi connectivity index (χ0v) is 19.2. The Hall–Kier alpha value is -2.95. The fourth-order valence-electron chi connectivity index (χ4n) is 5.03. The van der Waals surface area contributed by atoms with Gasteiger partial charge in [0.15, 0.2) is 11.5 Å². The molecule has 1 saturated heterocycles. The van der Waals surface area contributed by atoms with Crippen molar-refractivity contribution in [1.82, 2.24) is 10.2 Å². The van der Waals surface area contributed by atoms with Gasteiger partial charge in [0.25, 0.3) is 0 Å². The van der Waals surface area contributed by atoms with Crippen molar-refractivity contribution in [3.8, 4) is 11.5 Å². The summed E-state index contributed by atoms with van der Waals surface area (Å²) in [5.74, 6) is -0.743. The van der Waals surface area contributed by atoms with Gasteiger partial charge in [0.05, 0.1) is 31.8 Å². The summed E-state index contributed by atoms with van der Waals surface area (Å²) in [6.45, 7) is 2.11. The molecule has 184 valence electrons. The van der Waals surface area contributed by atoms with Crippen molar-refractivity contribution in [1.29, 1.82) is 0 Å².